The summed E-state index contributed by atoms with van der Waals surface area (Å²) in [6.45, 7) is 0. The molecule has 2 aromatic carbocycles. The van der Waals surface area contributed by atoms with Crippen molar-refractivity contribution in [2.45, 2.75) is 0 Å². The lowest BCUT2D eigenvalue weighted by atomic mass is 10.0. The first-order valence-corrected chi connectivity index (χ1v) is 7.62. The Labute approximate surface area is 137 Å². The predicted octanol–water partition coefficient (Wildman–Crippen LogP) is 5.25. The van der Waals surface area contributed by atoms with E-state index in [1.165, 1.54) is 6.07 Å². The molecule has 1 aromatic heterocycles. The lowest BCUT2D eigenvalue weighted by Crippen LogP contribution is -1.91. The molecule has 0 saturated heterocycles. The van der Waals surface area contributed by atoms with Gasteiger partial charge in [0.05, 0.1) is 11.1 Å². The molecule has 0 saturated carbocycles. The van der Waals surface area contributed by atoms with Crippen LogP contribution in [-0.4, -0.2) is 5.16 Å². The molecule has 0 spiro atoms. The minimum absolute atomic E-state index is 0.155. The van der Waals surface area contributed by atoms with E-state index in [1.54, 1.807) is 12.1 Å². The van der Waals surface area contributed by atoms with E-state index in [2.05, 4.69) is 37.0 Å². The topological polar surface area (TPSA) is 52.0 Å². The van der Waals surface area contributed by atoms with Crippen LogP contribution in [0.15, 0.2) is 55.9 Å². The highest BCUT2D eigenvalue weighted by Crippen LogP contribution is 2.40. The van der Waals surface area contributed by atoms with E-state index in [0.29, 0.717) is 21.3 Å². The summed E-state index contributed by atoms with van der Waals surface area (Å²) in [4.78, 5) is 0. The lowest BCUT2D eigenvalue weighted by Gasteiger charge is -2.06. The molecule has 0 radical (unpaired) electrons. The van der Waals surface area contributed by atoms with Gasteiger partial charge in [0.15, 0.2) is 0 Å². The van der Waals surface area contributed by atoms with Crippen LogP contribution in [0.5, 0.6) is 0 Å². The molecule has 6 heteroatoms. The Hall–Kier alpha value is -1.66. The van der Waals surface area contributed by atoms with Gasteiger partial charge in [0.2, 0.25) is 5.88 Å². The standard InChI is InChI=1S/C15H9Br2FN2O/c16-9-6-4-8(5-7-9)12-14(20-21-15(12)19)13-10(17)2-1-3-11(13)18/h1-7H,19H2. The Morgan fingerprint density at radius 2 is 1.71 bits per heavy atom. The summed E-state index contributed by atoms with van der Waals surface area (Å²) in [5.74, 6) is -0.237. The molecule has 21 heavy (non-hydrogen) atoms. The Morgan fingerprint density at radius 1 is 1.00 bits per heavy atom. The van der Waals surface area contributed by atoms with Gasteiger partial charge in [-0.3, -0.25) is 0 Å². The van der Waals surface area contributed by atoms with Gasteiger partial charge in [-0.1, -0.05) is 39.3 Å². The van der Waals surface area contributed by atoms with Crippen LogP contribution >= 0.6 is 31.9 Å². The number of halogens is 3. The van der Waals surface area contributed by atoms with Crippen molar-refractivity contribution in [2.75, 3.05) is 5.73 Å². The van der Waals surface area contributed by atoms with Gasteiger partial charge in [0.1, 0.15) is 11.5 Å². The molecule has 0 aliphatic rings. The number of aromatic nitrogens is 1. The van der Waals surface area contributed by atoms with Gasteiger partial charge in [-0.25, -0.2) is 4.39 Å². The van der Waals surface area contributed by atoms with E-state index in [4.69, 9.17) is 10.3 Å². The fourth-order valence-corrected chi connectivity index (χ4v) is 2.89. The van der Waals surface area contributed by atoms with Crippen molar-refractivity contribution in [2.24, 2.45) is 0 Å². The third kappa shape index (κ3) is 2.61. The maximum Gasteiger partial charge on any atom is 0.230 e. The minimum Gasteiger partial charge on any atom is -0.367 e. The van der Waals surface area contributed by atoms with Gasteiger partial charge < -0.3 is 10.3 Å². The summed E-state index contributed by atoms with van der Waals surface area (Å²) < 4.78 is 20.8. The molecule has 3 rings (SSSR count). The van der Waals surface area contributed by atoms with E-state index in [-0.39, 0.29) is 5.88 Å². The van der Waals surface area contributed by atoms with E-state index in [1.807, 2.05) is 24.3 Å². The van der Waals surface area contributed by atoms with Crippen molar-refractivity contribution in [3.05, 3.63) is 57.2 Å². The average molecular weight is 412 g/mol. The van der Waals surface area contributed by atoms with E-state index in [0.717, 1.165) is 10.0 Å². The molecule has 3 aromatic rings. The fourth-order valence-electron chi connectivity index (χ4n) is 2.09. The molecule has 0 fully saturated rings. The Morgan fingerprint density at radius 3 is 2.38 bits per heavy atom. The summed E-state index contributed by atoms with van der Waals surface area (Å²) in [6.07, 6.45) is 0. The van der Waals surface area contributed by atoms with Crippen LogP contribution < -0.4 is 5.73 Å². The van der Waals surface area contributed by atoms with Gasteiger partial charge in [-0.05, 0) is 45.8 Å². The summed E-state index contributed by atoms with van der Waals surface area (Å²) in [5.41, 5.74) is 7.96. The lowest BCUT2D eigenvalue weighted by molar-refractivity contribution is 0.439. The van der Waals surface area contributed by atoms with Crippen LogP contribution in [0, 0.1) is 5.82 Å². The Kier molecular flexibility index (Phi) is 3.82. The molecule has 0 aliphatic carbocycles. The quantitative estimate of drug-likeness (QED) is 0.626. The number of benzene rings is 2. The molecule has 0 amide bonds. The molecule has 1 heterocycles. The van der Waals surface area contributed by atoms with Crippen LogP contribution in [0.2, 0.25) is 0 Å². The number of nitrogens with two attached hydrogens (primary N) is 1. The van der Waals surface area contributed by atoms with E-state index < -0.39 is 5.82 Å². The molecule has 0 aliphatic heterocycles. The third-order valence-electron chi connectivity index (χ3n) is 3.05. The van der Waals surface area contributed by atoms with Crippen molar-refractivity contribution < 1.29 is 8.91 Å². The van der Waals surface area contributed by atoms with Crippen LogP contribution in [0.1, 0.15) is 0 Å². The van der Waals surface area contributed by atoms with Crippen molar-refractivity contribution in [3.63, 3.8) is 0 Å². The molecule has 3 nitrogen and oxygen atoms in total. The first-order chi connectivity index (χ1) is 10.1. The number of rotatable bonds is 2. The zero-order chi connectivity index (χ0) is 15.0. The van der Waals surface area contributed by atoms with Crippen molar-refractivity contribution >= 4 is 37.7 Å². The smallest absolute Gasteiger partial charge is 0.230 e. The summed E-state index contributed by atoms with van der Waals surface area (Å²) in [6, 6.07) is 12.2. The molecule has 106 valence electrons. The van der Waals surface area contributed by atoms with Crippen molar-refractivity contribution in [1.29, 1.82) is 0 Å². The number of hydrogen-bond acceptors (Lipinski definition) is 3. The normalized spacial score (nSPS) is 10.8. The average Bonchev–Trinajstić information content (AvgIpc) is 2.82. The Bertz CT molecular complexity index is 780. The highest BCUT2D eigenvalue weighted by Gasteiger charge is 2.21. The molecular weight excluding hydrogens is 403 g/mol. The summed E-state index contributed by atoms with van der Waals surface area (Å²) in [5, 5.41) is 3.92. The molecule has 0 atom stereocenters. The zero-order valence-electron chi connectivity index (χ0n) is 10.6. The van der Waals surface area contributed by atoms with E-state index >= 15 is 0 Å². The van der Waals surface area contributed by atoms with E-state index in [9.17, 15) is 4.39 Å². The zero-order valence-corrected chi connectivity index (χ0v) is 13.8. The van der Waals surface area contributed by atoms with Crippen molar-refractivity contribution in [1.82, 2.24) is 5.16 Å². The maximum absolute atomic E-state index is 14.1. The second-order valence-corrected chi connectivity index (χ2v) is 6.14. The summed E-state index contributed by atoms with van der Waals surface area (Å²) in [7, 11) is 0. The number of nitrogen functional groups attached to an aromatic ring is 1. The predicted molar refractivity (Wildman–Crippen MR) is 87.1 cm³/mol. The highest BCUT2D eigenvalue weighted by atomic mass is 79.9. The Balaban J connectivity index is 2.24. The number of nitrogens with zero attached hydrogens (tertiary/aromatic N) is 1. The first kappa shape index (κ1) is 14.3. The molecule has 0 bridgehead atoms. The van der Waals surface area contributed by atoms with Crippen LogP contribution in [0.3, 0.4) is 0 Å². The largest absolute Gasteiger partial charge is 0.367 e. The summed E-state index contributed by atoms with van der Waals surface area (Å²) >= 11 is 6.72. The fraction of sp³-hybridized carbons (Fsp3) is 0. The van der Waals surface area contributed by atoms with Gasteiger partial charge in [0, 0.05) is 8.95 Å². The first-order valence-electron chi connectivity index (χ1n) is 6.03. The molecule has 0 unspecified atom stereocenters. The molecular formula is C15H9Br2FN2O. The second-order valence-electron chi connectivity index (χ2n) is 4.37. The SMILES string of the molecule is Nc1onc(-c2c(F)cccc2Br)c1-c1ccc(Br)cc1. The van der Waals surface area contributed by atoms with Crippen molar-refractivity contribution in [3.8, 4) is 22.4 Å². The van der Waals surface area contributed by atoms with Crippen LogP contribution in [0.4, 0.5) is 10.3 Å². The minimum atomic E-state index is -0.393. The monoisotopic (exact) mass is 410 g/mol. The third-order valence-corrected chi connectivity index (χ3v) is 4.24. The number of hydrogen-bond donors (Lipinski definition) is 1. The second kappa shape index (κ2) is 5.61. The number of anilines is 1. The van der Waals surface area contributed by atoms with Gasteiger partial charge in [-0.15, -0.1) is 0 Å². The van der Waals surface area contributed by atoms with Gasteiger partial charge in [0.25, 0.3) is 0 Å². The van der Waals surface area contributed by atoms with Gasteiger partial charge in [-0.2, -0.15) is 0 Å². The highest BCUT2D eigenvalue weighted by molar-refractivity contribution is 9.10. The maximum atomic E-state index is 14.1. The van der Waals surface area contributed by atoms with Crippen LogP contribution in [-0.2, 0) is 0 Å². The van der Waals surface area contributed by atoms with Crippen LogP contribution in [0.25, 0.3) is 22.4 Å². The van der Waals surface area contributed by atoms with Gasteiger partial charge >= 0.3 is 0 Å². The molecule has 2 N–H and O–H groups in total.